The van der Waals surface area contributed by atoms with Gasteiger partial charge >= 0.3 is 0 Å². The van der Waals surface area contributed by atoms with E-state index >= 15 is 0 Å². The number of benzene rings is 1. The van der Waals surface area contributed by atoms with Gasteiger partial charge < -0.3 is 14.2 Å². The first-order valence-electron chi connectivity index (χ1n) is 8.90. The maximum absolute atomic E-state index is 14.0. The van der Waals surface area contributed by atoms with Crippen LogP contribution in [0.15, 0.2) is 39.9 Å². The maximum Gasteiger partial charge on any atom is 0.243 e. The van der Waals surface area contributed by atoms with E-state index in [2.05, 4.69) is 15.1 Å². The first-order chi connectivity index (χ1) is 14.1. The molecule has 0 saturated heterocycles. The number of hydrogen-bond donors (Lipinski definition) is 0. The summed E-state index contributed by atoms with van der Waals surface area (Å²) >= 11 is 0. The van der Waals surface area contributed by atoms with Gasteiger partial charge in [0.05, 0.1) is 35.5 Å². The van der Waals surface area contributed by atoms with E-state index in [1.54, 1.807) is 38.2 Å². The van der Waals surface area contributed by atoms with E-state index in [-0.39, 0.29) is 17.2 Å². The van der Waals surface area contributed by atoms with Crippen molar-refractivity contribution in [3.63, 3.8) is 0 Å². The van der Waals surface area contributed by atoms with Gasteiger partial charge in [-0.3, -0.25) is 0 Å². The summed E-state index contributed by atoms with van der Waals surface area (Å²) in [5.74, 6) is 0.0353. The molecule has 3 aromatic rings. The van der Waals surface area contributed by atoms with E-state index in [0.717, 1.165) is 10.4 Å². The van der Waals surface area contributed by atoms with Crippen molar-refractivity contribution in [2.24, 2.45) is 0 Å². The third kappa shape index (κ3) is 4.26. The molecule has 0 aliphatic heterocycles. The summed E-state index contributed by atoms with van der Waals surface area (Å²) < 4.78 is 51.3. The van der Waals surface area contributed by atoms with Crippen molar-refractivity contribution in [3.8, 4) is 17.1 Å². The Morgan fingerprint density at radius 3 is 2.50 bits per heavy atom. The zero-order valence-electron chi connectivity index (χ0n) is 17.2. The van der Waals surface area contributed by atoms with Crippen molar-refractivity contribution in [2.45, 2.75) is 18.4 Å². The van der Waals surface area contributed by atoms with Crippen LogP contribution < -0.4 is 9.64 Å². The normalized spacial score (nSPS) is 11.7. The molecular formula is C19H22FN5O4S. The molecule has 0 bridgehead atoms. The number of hydrogen-bond acceptors (Lipinski definition) is 8. The average Bonchev–Trinajstić information content (AvgIpc) is 3.13. The number of aryl methyl sites for hydroxylation is 1. The van der Waals surface area contributed by atoms with Crippen LogP contribution in [-0.2, 0) is 16.6 Å². The van der Waals surface area contributed by atoms with Gasteiger partial charge in [0.2, 0.25) is 16.0 Å². The van der Waals surface area contributed by atoms with Crippen LogP contribution in [0.5, 0.6) is 5.75 Å². The number of aromatic nitrogens is 3. The van der Waals surface area contributed by atoms with Crippen LogP contribution in [0.2, 0.25) is 0 Å². The fraction of sp³-hybridized carbons (Fsp3) is 0.316. The monoisotopic (exact) mass is 435 g/mol. The Labute approximate surface area is 174 Å². The maximum atomic E-state index is 14.0. The highest BCUT2D eigenvalue weighted by atomic mass is 32.2. The Bertz CT molecular complexity index is 1160. The van der Waals surface area contributed by atoms with Gasteiger partial charge in [-0.25, -0.2) is 22.8 Å². The Morgan fingerprint density at radius 1 is 1.20 bits per heavy atom. The van der Waals surface area contributed by atoms with E-state index in [1.807, 2.05) is 0 Å². The largest absolute Gasteiger partial charge is 0.494 e. The van der Waals surface area contributed by atoms with Gasteiger partial charge in [-0.15, -0.1) is 0 Å². The molecule has 3 rings (SSSR count). The third-order valence-corrected chi connectivity index (χ3v) is 6.15. The molecule has 2 heterocycles. The van der Waals surface area contributed by atoms with Crippen LogP contribution in [0, 0.1) is 12.7 Å². The Hall–Kier alpha value is -3.05. The number of methoxy groups -OCH3 is 1. The molecule has 0 saturated carbocycles. The average molecular weight is 435 g/mol. The third-order valence-electron chi connectivity index (χ3n) is 4.35. The van der Waals surface area contributed by atoms with Gasteiger partial charge in [-0.1, -0.05) is 5.16 Å². The smallest absolute Gasteiger partial charge is 0.243 e. The summed E-state index contributed by atoms with van der Waals surface area (Å²) in [5.41, 5.74) is 1.61. The second-order valence-electron chi connectivity index (χ2n) is 6.81. The van der Waals surface area contributed by atoms with Gasteiger partial charge in [-0.2, -0.15) is 4.31 Å². The van der Waals surface area contributed by atoms with Gasteiger partial charge in [0.1, 0.15) is 0 Å². The molecule has 1 aromatic carbocycles. The summed E-state index contributed by atoms with van der Waals surface area (Å²) in [7, 11) is 2.26. The molecule has 0 aliphatic rings. The second kappa shape index (κ2) is 8.36. The minimum Gasteiger partial charge on any atom is -0.494 e. The molecule has 0 aliphatic carbocycles. The van der Waals surface area contributed by atoms with Gasteiger partial charge in [-0.05, 0) is 25.1 Å². The minimum atomic E-state index is -3.99. The lowest BCUT2D eigenvalue weighted by atomic mass is 10.1. The fourth-order valence-corrected chi connectivity index (χ4v) is 3.87. The standard InChI is InChI=1S/C19H22FN5O4S/c1-12-8-18(29-23-12)14-10-21-19(24(2)3)22-16(14)11-25(4)30(26,27)13-6-7-17(28-5)15(20)9-13/h6-10H,11H2,1-5H3. The molecule has 0 radical (unpaired) electrons. The summed E-state index contributed by atoms with van der Waals surface area (Å²) in [6, 6.07) is 5.20. The van der Waals surface area contributed by atoms with Crippen LogP contribution in [-0.4, -0.2) is 56.1 Å². The summed E-state index contributed by atoms with van der Waals surface area (Å²) in [4.78, 5) is 10.3. The molecule has 9 nitrogen and oxygen atoms in total. The van der Waals surface area contributed by atoms with Crippen LogP contribution in [0.3, 0.4) is 0 Å². The van der Waals surface area contributed by atoms with Crippen LogP contribution in [0.1, 0.15) is 11.4 Å². The molecule has 0 fully saturated rings. The predicted molar refractivity (Wildman–Crippen MR) is 108 cm³/mol. The highest BCUT2D eigenvalue weighted by Crippen LogP contribution is 2.27. The Morgan fingerprint density at radius 2 is 1.93 bits per heavy atom. The van der Waals surface area contributed by atoms with Crippen LogP contribution in [0.4, 0.5) is 10.3 Å². The number of anilines is 1. The first-order valence-corrected chi connectivity index (χ1v) is 10.3. The molecule has 0 amide bonds. The van der Waals surface area contributed by atoms with Crippen molar-refractivity contribution in [2.75, 3.05) is 33.2 Å². The lowest BCUT2D eigenvalue weighted by Gasteiger charge is -2.19. The Balaban J connectivity index is 1.99. The van der Waals surface area contributed by atoms with E-state index in [1.165, 1.54) is 26.3 Å². The molecule has 0 atom stereocenters. The highest BCUT2D eigenvalue weighted by molar-refractivity contribution is 7.89. The predicted octanol–water partition coefficient (Wildman–Crippen LogP) is 2.47. The molecule has 0 N–H and O–H groups in total. The molecule has 0 unspecified atom stereocenters. The first kappa shape index (κ1) is 21.7. The topological polar surface area (TPSA) is 102 Å². The number of sulfonamides is 1. The van der Waals surface area contributed by atoms with E-state index in [4.69, 9.17) is 9.26 Å². The molecule has 30 heavy (non-hydrogen) atoms. The van der Waals surface area contributed by atoms with Crippen LogP contribution in [0.25, 0.3) is 11.3 Å². The quantitative estimate of drug-likeness (QED) is 0.558. The summed E-state index contributed by atoms with van der Waals surface area (Å²) in [6.07, 6.45) is 1.56. The number of ether oxygens (including phenoxy) is 1. The van der Waals surface area contributed by atoms with Gasteiger partial charge in [0, 0.05) is 33.4 Å². The SMILES string of the molecule is COc1ccc(S(=O)(=O)N(C)Cc2nc(N(C)C)ncc2-c2cc(C)no2)cc1F. The zero-order chi connectivity index (χ0) is 22.1. The van der Waals surface area contributed by atoms with Crippen molar-refractivity contribution in [1.29, 1.82) is 0 Å². The lowest BCUT2D eigenvalue weighted by molar-refractivity contribution is 0.385. The highest BCUT2D eigenvalue weighted by Gasteiger charge is 2.25. The van der Waals surface area contributed by atoms with E-state index in [9.17, 15) is 12.8 Å². The lowest BCUT2D eigenvalue weighted by Crippen LogP contribution is -2.28. The summed E-state index contributed by atoms with van der Waals surface area (Å²) in [5, 5.41) is 3.87. The summed E-state index contributed by atoms with van der Waals surface area (Å²) in [6.45, 7) is 1.69. The van der Waals surface area contributed by atoms with Gasteiger partial charge in [0.15, 0.2) is 17.3 Å². The van der Waals surface area contributed by atoms with Crippen molar-refractivity contribution in [1.82, 2.24) is 19.4 Å². The van der Waals surface area contributed by atoms with Crippen molar-refractivity contribution >= 4 is 16.0 Å². The second-order valence-corrected chi connectivity index (χ2v) is 8.86. The molecule has 11 heteroatoms. The van der Waals surface area contributed by atoms with Crippen molar-refractivity contribution in [3.05, 3.63) is 47.7 Å². The van der Waals surface area contributed by atoms with Gasteiger partial charge in [0.25, 0.3) is 0 Å². The zero-order valence-corrected chi connectivity index (χ0v) is 18.1. The van der Waals surface area contributed by atoms with E-state index in [0.29, 0.717) is 28.7 Å². The molecular weight excluding hydrogens is 413 g/mol. The molecule has 2 aromatic heterocycles. The number of nitrogens with zero attached hydrogens (tertiary/aromatic N) is 5. The van der Waals surface area contributed by atoms with Crippen LogP contribution >= 0.6 is 0 Å². The minimum absolute atomic E-state index is 0.0361. The number of halogens is 1. The number of rotatable bonds is 7. The molecule has 160 valence electrons. The Kier molecular flexibility index (Phi) is 6.04. The molecule has 0 spiro atoms. The van der Waals surface area contributed by atoms with Crippen molar-refractivity contribution < 1.29 is 22.1 Å². The fourth-order valence-electron chi connectivity index (χ4n) is 2.72. The van der Waals surface area contributed by atoms with E-state index < -0.39 is 15.8 Å².